The molecule has 1 fully saturated rings. The van der Waals surface area contributed by atoms with Crippen molar-refractivity contribution >= 4 is 11.9 Å². The van der Waals surface area contributed by atoms with Crippen LogP contribution in [-0.2, 0) is 23.8 Å². The molecule has 1 heterocycles. The van der Waals surface area contributed by atoms with E-state index in [2.05, 4.69) is 55.6 Å². The molecule has 0 aromatic carbocycles. The Balaban J connectivity index is 2.08. The van der Waals surface area contributed by atoms with E-state index in [1.165, 1.54) is 154 Å². The number of carbonyl (C=O) groups is 2. The molecule has 1 rings (SSSR count). The first kappa shape index (κ1) is 68.6. The molecule has 0 aromatic rings. The Hall–Kier alpha value is -2.38. The number of nitrogens with one attached hydrogen (secondary N) is 1. The zero-order valence-electron chi connectivity index (χ0n) is 46.8. The summed E-state index contributed by atoms with van der Waals surface area (Å²) in [5.74, 6) is -0.209. The predicted molar refractivity (Wildman–Crippen MR) is 301 cm³/mol. The number of ether oxygens (including phenoxy) is 3. The van der Waals surface area contributed by atoms with E-state index in [1.54, 1.807) is 6.08 Å². The van der Waals surface area contributed by atoms with Crippen LogP contribution in [-0.4, -0.2) is 100 Å². The van der Waals surface area contributed by atoms with E-state index in [-0.39, 0.29) is 18.5 Å². The van der Waals surface area contributed by atoms with Gasteiger partial charge in [0.2, 0.25) is 5.91 Å². The Kier molecular flexibility index (Phi) is 48.6. The van der Waals surface area contributed by atoms with Crippen LogP contribution < -0.4 is 5.32 Å². The molecule has 0 aliphatic carbocycles. The molecule has 1 aliphatic heterocycles. The first-order valence-electron chi connectivity index (χ1n) is 30.4. The molecule has 0 radical (unpaired) electrons. The molecule has 1 saturated heterocycles. The van der Waals surface area contributed by atoms with E-state index in [0.29, 0.717) is 19.4 Å². The van der Waals surface area contributed by atoms with Crippen LogP contribution in [0.15, 0.2) is 48.6 Å². The van der Waals surface area contributed by atoms with Crippen molar-refractivity contribution in [3.63, 3.8) is 0 Å². The first-order chi connectivity index (χ1) is 35.7. The molecule has 0 spiro atoms. The third-order valence-electron chi connectivity index (χ3n) is 14.1. The number of amides is 1. The lowest BCUT2D eigenvalue weighted by atomic mass is 9.99. The fourth-order valence-corrected chi connectivity index (χ4v) is 9.27. The number of esters is 1. The SMILES string of the molecule is CCCC/C=C/CC/C=C/CC/C=C/C(O)C(COC1OC(CO)C(O)C(O)C1O)NC(=O)CCCCCCCCC/C=C\CCCCCCCCCCCCCOC(=O)CCCCCCCCCCCCC. The minimum atomic E-state index is -1.58. The molecular formula is C62H113NO10. The molecule has 6 N–H and O–H groups in total. The van der Waals surface area contributed by atoms with E-state index in [1.807, 2.05) is 6.08 Å². The summed E-state index contributed by atoms with van der Waals surface area (Å²) in [6, 6.07) is -0.840. The lowest BCUT2D eigenvalue weighted by Gasteiger charge is -2.40. The van der Waals surface area contributed by atoms with Gasteiger partial charge in [0.1, 0.15) is 24.4 Å². The van der Waals surface area contributed by atoms with Crippen LogP contribution in [0.2, 0.25) is 0 Å². The maximum absolute atomic E-state index is 13.0. The minimum Gasteiger partial charge on any atom is -0.466 e. The second kappa shape index (κ2) is 51.7. The highest BCUT2D eigenvalue weighted by atomic mass is 16.7. The number of carbonyl (C=O) groups excluding carboxylic acids is 2. The van der Waals surface area contributed by atoms with Crippen molar-refractivity contribution in [2.45, 2.75) is 314 Å². The number of aliphatic hydroxyl groups is 5. The average molecular weight is 1030 g/mol. The van der Waals surface area contributed by atoms with Gasteiger partial charge in [-0.2, -0.15) is 0 Å². The van der Waals surface area contributed by atoms with Crippen molar-refractivity contribution in [2.75, 3.05) is 19.8 Å². The van der Waals surface area contributed by atoms with Gasteiger partial charge < -0.3 is 45.1 Å². The van der Waals surface area contributed by atoms with Crippen LogP contribution in [0.5, 0.6) is 0 Å². The van der Waals surface area contributed by atoms with Gasteiger partial charge in [-0.25, -0.2) is 0 Å². The van der Waals surface area contributed by atoms with Gasteiger partial charge in [-0.3, -0.25) is 9.59 Å². The average Bonchev–Trinajstić information content (AvgIpc) is 3.39. The summed E-state index contributed by atoms with van der Waals surface area (Å²) in [7, 11) is 0. The normalized spacial score (nSPS) is 19.2. The summed E-state index contributed by atoms with van der Waals surface area (Å²) >= 11 is 0. The molecule has 7 unspecified atom stereocenters. The number of unbranched alkanes of at least 4 members (excludes halogenated alkanes) is 32. The second-order valence-electron chi connectivity index (χ2n) is 21.0. The molecular weight excluding hydrogens is 919 g/mol. The molecule has 426 valence electrons. The molecule has 7 atom stereocenters. The highest BCUT2D eigenvalue weighted by Crippen LogP contribution is 2.23. The Morgan fingerprint density at radius 1 is 0.493 bits per heavy atom. The van der Waals surface area contributed by atoms with Gasteiger partial charge in [0.25, 0.3) is 0 Å². The Bertz CT molecular complexity index is 1350. The second-order valence-corrected chi connectivity index (χ2v) is 21.0. The molecule has 1 aliphatic rings. The summed E-state index contributed by atoms with van der Waals surface area (Å²) in [5.41, 5.74) is 0. The summed E-state index contributed by atoms with van der Waals surface area (Å²) < 4.78 is 16.7. The van der Waals surface area contributed by atoms with Gasteiger partial charge in [-0.15, -0.1) is 0 Å². The Labute approximate surface area is 446 Å². The molecule has 1 amide bonds. The maximum atomic E-state index is 13.0. The molecule has 0 aromatic heterocycles. The maximum Gasteiger partial charge on any atom is 0.305 e. The third-order valence-corrected chi connectivity index (χ3v) is 14.1. The van der Waals surface area contributed by atoms with Crippen molar-refractivity contribution in [1.82, 2.24) is 5.32 Å². The topological polar surface area (TPSA) is 175 Å². The molecule has 11 nitrogen and oxygen atoms in total. The number of rotatable bonds is 52. The van der Waals surface area contributed by atoms with Crippen LogP contribution in [0.3, 0.4) is 0 Å². The van der Waals surface area contributed by atoms with Crippen LogP contribution in [0.25, 0.3) is 0 Å². The lowest BCUT2D eigenvalue weighted by molar-refractivity contribution is -0.302. The van der Waals surface area contributed by atoms with Gasteiger partial charge in [0.05, 0.1) is 32.0 Å². The first-order valence-corrected chi connectivity index (χ1v) is 30.4. The quantitative estimate of drug-likeness (QED) is 0.0195. The van der Waals surface area contributed by atoms with Crippen molar-refractivity contribution in [3.05, 3.63) is 48.6 Å². The highest BCUT2D eigenvalue weighted by molar-refractivity contribution is 5.76. The van der Waals surface area contributed by atoms with Gasteiger partial charge in [-0.05, 0) is 77.0 Å². The van der Waals surface area contributed by atoms with Gasteiger partial charge in [0, 0.05) is 12.8 Å². The van der Waals surface area contributed by atoms with Crippen molar-refractivity contribution in [3.8, 4) is 0 Å². The largest absolute Gasteiger partial charge is 0.466 e. The van der Waals surface area contributed by atoms with Gasteiger partial charge in [-0.1, -0.05) is 229 Å². The van der Waals surface area contributed by atoms with Crippen LogP contribution in [0.4, 0.5) is 0 Å². The molecule has 0 saturated carbocycles. The summed E-state index contributed by atoms with van der Waals surface area (Å²) in [6.07, 6.45) is 55.0. The van der Waals surface area contributed by atoms with Crippen LogP contribution >= 0.6 is 0 Å². The monoisotopic (exact) mass is 1030 g/mol. The van der Waals surface area contributed by atoms with E-state index in [0.717, 1.165) is 89.9 Å². The molecule has 0 bridgehead atoms. The van der Waals surface area contributed by atoms with E-state index < -0.39 is 49.5 Å². The summed E-state index contributed by atoms with van der Waals surface area (Å²) in [5, 5.41) is 54.3. The third kappa shape index (κ3) is 41.5. The predicted octanol–water partition coefficient (Wildman–Crippen LogP) is 14.1. The fraction of sp³-hybridized carbons (Fsp3) is 0.839. The number of allylic oxidation sites excluding steroid dienone is 7. The fourth-order valence-electron chi connectivity index (χ4n) is 9.27. The lowest BCUT2D eigenvalue weighted by Crippen LogP contribution is -2.60. The van der Waals surface area contributed by atoms with Crippen LogP contribution in [0.1, 0.15) is 271 Å². The van der Waals surface area contributed by atoms with E-state index in [4.69, 9.17) is 14.2 Å². The minimum absolute atomic E-state index is 0.00406. The molecule has 73 heavy (non-hydrogen) atoms. The number of hydrogen-bond donors (Lipinski definition) is 6. The van der Waals surface area contributed by atoms with E-state index >= 15 is 0 Å². The number of aliphatic hydroxyl groups excluding tert-OH is 5. The van der Waals surface area contributed by atoms with Gasteiger partial charge in [0.15, 0.2) is 6.29 Å². The highest BCUT2D eigenvalue weighted by Gasteiger charge is 2.44. The van der Waals surface area contributed by atoms with E-state index in [9.17, 15) is 35.1 Å². The number of hydrogen-bond acceptors (Lipinski definition) is 10. The standard InChI is InChI=1S/C62H113NO10/c1-3-5-7-9-11-13-15-29-32-36-40-44-48-55(65)54(53-72-62-61(70)60(69)59(68)56(52-64)73-62)63-57(66)49-45-41-37-33-30-26-24-22-20-18-16-17-19-21-23-25-27-31-35-39-43-47-51-71-58(67)50-46-42-38-34-28-14-12-10-8-6-4-2/h9,11,18,20,29,32,44,48,54-56,59-62,64-65,68-70H,3-8,10,12-17,19,21-28,30-31,33-43,45-47,49-53H2,1-2H3,(H,63,66)/b11-9+,20-18-,32-29+,48-44+. The zero-order chi connectivity index (χ0) is 53.1. The molecule has 11 heteroatoms. The van der Waals surface area contributed by atoms with Crippen LogP contribution in [0, 0.1) is 0 Å². The zero-order valence-corrected chi connectivity index (χ0v) is 46.8. The van der Waals surface area contributed by atoms with Gasteiger partial charge >= 0.3 is 5.97 Å². The Morgan fingerprint density at radius 3 is 1.40 bits per heavy atom. The summed E-state index contributed by atoms with van der Waals surface area (Å²) in [6.45, 7) is 4.26. The van der Waals surface area contributed by atoms with Crippen molar-refractivity contribution < 1.29 is 49.3 Å². The Morgan fingerprint density at radius 2 is 0.904 bits per heavy atom. The van der Waals surface area contributed by atoms with Crippen molar-refractivity contribution in [2.24, 2.45) is 0 Å². The van der Waals surface area contributed by atoms with Crippen molar-refractivity contribution in [1.29, 1.82) is 0 Å². The summed E-state index contributed by atoms with van der Waals surface area (Å²) in [4.78, 5) is 25.0. The smallest absolute Gasteiger partial charge is 0.305 e.